The zero-order chi connectivity index (χ0) is 6.73. The minimum Gasteiger partial charge on any atom is -0.306 e. The third kappa shape index (κ3) is 2.18. The Morgan fingerprint density at radius 2 is 2.12 bits per heavy atom. The minimum atomic E-state index is -1.99. The molecule has 1 N–H and O–H groups in total. The third-order valence-corrected chi connectivity index (χ3v) is 1.81. The van der Waals surface area contributed by atoms with Gasteiger partial charge in [0.25, 0.3) is 0 Å². The van der Waals surface area contributed by atoms with Gasteiger partial charge in [-0.05, 0) is 13.8 Å². The lowest BCUT2D eigenvalue weighted by atomic mass is 10.3. The highest BCUT2D eigenvalue weighted by Gasteiger charge is 2.12. The molecule has 0 saturated heterocycles. The van der Waals surface area contributed by atoms with Crippen LogP contribution in [0, 0.1) is 0 Å². The van der Waals surface area contributed by atoms with Gasteiger partial charge >= 0.3 is 0 Å². The van der Waals surface area contributed by atoms with E-state index in [-0.39, 0.29) is 5.78 Å². The molecule has 2 unspecified atom stereocenters. The average Bonchev–Trinajstić information content (AvgIpc) is 1.64. The van der Waals surface area contributed by atoms with Crippen molar-refractivity contribution in [2.45, 2.75) is 19.1 Å². The van der Waals surface area contributed by atoms with Crippen molar-refractivity contribution in [3.63, 3.8) is 0 Å². The van der Waals surface area contributed by atoms with Crippen molar-refractivity contribution in [1.29, 1.82) is 0 Å². The molecular weight excluding hydrogens is 128 g/mol. The van der Waals surface area contributed by atoms with E-state index in [1.54, 1.807) is 0 Å². The SMILES string of the molecule is CC(=O)C(C)S(=O)O. The number of ketones is 1. The molecule has 0 aliphatic heterocycles. The maximum Gasteiger partial charge on any atom is 0.163 e. The number of Topliss-reactive ketones (excluding diaryl/α,β-unsaturated/α-hetero) is 1. The zero-order valence-electron chi connectivity index (χ0n) is 4.75. The maximum atomic E-state index is 10.2. The molecule has 0 rings (SSSR count). The van der Waals surface area contributed by atoms with Crippen molar-refractivity contribution >= 4 is 16.9 Å². The van der Waals surface area contributed by atoms with Crippen LogP contribution >= 0.6 is 0 Å². The van der Waals surface area contributed by atoms with Crippen LogP contribution in [0.3, 0.4) is 0 Å². The highest BCUT2D eigenvalue weighted by Crippen LogP contribution is 1.91. The lowest BCUT2D eigenvalue weighted by molar-refractivity contribution is -0.116. The predicted molar refractivity (Wildman–Crippen MR) is 30.9 cm³/mol. The molecule has 8 heavy (non-hydrogen) atoms. The summed E-state index contributed by atoms with van der Waals surface area (Å²) in [5.74, 6) is -0.258. The summed E-state index contributed by atoms with van der Waals surface area (Å²) in [6.45, 7) is 2.71. The number of carbonyl (C=O) groups excluding carboxylic acids is 1. The second-order valence-corrected chi connectivity index (χ2v) is 2.79. The summed E-state index contributed by atoms with van der Waals surface area (Å²) in [7, 11) is 0. The fourth-order valence-electron chi connectivity index (χ4n) is 0.142. The molecule has 0 aromatic rings. The van der Waals surface area contributed by atoms with E-state index < -0.39 is 16.3 Å². The van der Waals surface area contributed by atoms with E-state index in [9.17, 15) is 9.00 Å². The first-order chi connectivity index (χ1) is 3.55. The molecule has 0 heterocycles. The van der Waals surface area contributed by atoms with E-state index >= 15 is 0 Å². The molecule has 48 valence electrons. The molecule has 0 aliphatic carbocycles. The van der Waals surface area contributed by atoms with E-state index in [1.165, 1.54) is 13.8 Å². The first kappa shape index (κ1) is 7.78. The van der Waals surface area contributed by atoms with Gasteiger partial charge in [-0.25, -0.2) is 4.21 Å². The molecule has 0 bridgehead atoms. The van der Waals surface area contributed by atoms with Crippen LogP contribution in [-0.2, 0) is 15.9 Å². The monoisotopic (exact) mass is 136 g/mol. The minimum absolute atomic E-state index is 0.258. The molecular formula is C4H8O3S. The van der Waals surface area contributed by atoms with Crippen molar-refractivity contribution in [3.8, 4) is 0 Å². The molecule has 0 amide bonds. The molecule has 0 aromatic carbocycles. The van der Waals surface area contributed by atoms with Gasteiger partial charge in [-0.3, -0.25) is 4.79 Å². The Bertz CT molecular complexity index is 106. The smallest absolute Gasteiger partial charge is 0.163 e. The summed E-state index contributed by atoms with van der Waals surface area (Å²) in [6, 6.07) is 0. The topological polar surface area (TPSA) is 54.4 Å². The fraction of sp³-hybridized carbons (Fsp3) is 0.750. The van der Waals surface area contributed by atoms with Crippen molar-refractivity contribution in [2.24, 2.45) is 0 Å². The standard InChI is InChI=1S/C4H8O3S/c1-3(5)4(2)8(6)7/h4H,1-2H3,(H,6,7). The van der Waals surface area contributed by atoms with Crippen LogP contribution in [0.2, 0.25) is 0 Å². The van der Waals surface area contributed by atoms with Crippen molar-refractivity contribution in [3.05, 3.63) is 0 Å². The van der Waals surface area contributed by atoms with Gasteiger partial charge < -0.3 is 4.55 Å². The summed E-state index contributed by atoms with van der Waals surface area (Å²) in [5, 5.41) is -0.741. The molecule has 0 spiro atoms. The normalized spacial score (nSPS) is 17.4. The van der Waals surface area contributed by atoms with Crippen LogP contribution in [0.4, 0.5) is 0 Å². The Morgan fingerprint density at radius 3 is 2.12 bits per heavy atom. The quantitative estimate of drug-likeness (QED) is 0.551. The highest BCUT2D eigenvalue weighted by atomic mass is 32.2. The Balaban J connectivity index is 3.83. The summed E-state index contributed by atoms with van der Waals surface area (Å²) in [6.07, 6.45) is 0. The van der Waals surface area contributed by atoms with Crippen molar-refractivity contribution < 1.29 is 13.6 Å². The molecule has 2 atom stereocenters. The molecule has 0 radical (unpaired) electrons. The molecule has 0 fully saturated rings. The van der Waals surface area contributed by atoms with E-state index in [1.807, 2.05) is 0 Å². The van der Waals surface area contributed by atoms with E-state index in [4.69, 9.17) is 4.55 Å². The first-order valence-electron chi connectivity index (χ1n) is 2.16. The second kappa shape index (κ2) is 2.94. The number of hydrogen-bond acceptors (Lipinski definition) is 2. The van der Waals surface area contributed by atoms with Crippen LogP contribution in [0.5, 0.6) is 0 Å². The van der Waals surface area contributed by atoms with Gasteiger partial charge in [0.15, 0.2) is 11.1 Å². The van der Waals surface area contributed by atoms with E-state index in [2.05, 4.69) is 0 Å². The average molecular weight is 136 g/mol. The molecule has 0 aliphatic rings. The summed E-state index contributed by atoms with van der Waals surface area (Å²) in [5.41, 5.74) is 0. The van der Waals surface area contributed by atoms with Gasteiger partial charge in [-0.15, -0.1) is 0 Å². The van der Waals surface area contributed by atoms with Gasteiger partial charge in [0.05, 0.1) is 0 Å². The van der Waals surface area contributed by atoms with Crippen LogP contribution in [0.1, 0.15) is 13.8 Å². The number of carbonyl (C=O) groups is 1. The maximum absolute atomic E-state index is 10.2. The van der Waals surface area contributed by atoms with Crippen molar-refractivity contribution in [2.75, 3.05) is 0 Å². The largest absolute Gasteiger partial charge is 0.306 e. The third-order valence-electron chi connectivity index (χ3n) is 0.875. The Morgan fingerprint density at radius 1 is 1.75 bits per heavy atom. The summed E-state index contributed by atoms with van der Waals surface area (Å²) in [4.78, 5) is 10.2. The first-order valence-corrected chi connectivity index (χ1v) is 3.32. The predicted octanol–water partition coefficient (Wildman–Crippen LogP) is 0.186. The second-order valence-electron chi connectivity index (χ2n) is 1.53. The van der Waals surface area contributed by atoms with Crippen LogP contribution in [0.25, 0.3) is 0 Å². The van der Waals surface area contributed by atoms with E-state index in [0.29, 0.717) is 0 Å². The van der Waals surface area contributed by atoms with Crippen LogP contribution in [0.15, 0.2) is 0 Å². The van der Waals surface area contributed by atoms with Gasteiger partial charge in [0.2, 0.25) is 0 Å². The zero-order valence-corrected chi connectivity index (χ0v) is 5.57. The van der Waals surface area contributed by atoms with Crippen molar-refractivity contribution in [1.82, 2.24) is 0 Å². The van der Waals surface area contributed by atoms with Gasteiger partial charge in [0.1, 0.15) is 11.0 Å². The summed E-state index contributed by atoms with van der Waals surface area (Å²) >= 11 is -1.99. The number of rotatable bonds is 2. The Hall–Kier alpha value is -0.220. The van der Waals surface area contributed by atoms with Gasteiger partial charge in [-0.1, -0.05) is 0 Å². The van der Waals surface area contributed by atoms with E-state index in [0.717, 1.165) is 0 Å². The molecule has 4 heteroatoms. The molecule has 0 aromatic heterocycles. The van der Waals surface area contributed by atoms with Gasteiger partial charge in [-0.2, -0.15) is 0 Å². The van der Waals surface area contributed by atoms with Gasteiger partial charge in [0, 0.05) is 0 Å². The van der Waals surface area contributed by atoms with Crippen LogP contribution in [-0.4, -0.2) is 19.8 Å². The summed E-state index contributed by atoms with van der Waals surface area (Å²) < 4.78 is 18.3. The Labute approximate surface area is 50.4 Å². The molecule has 0 saturated carbocycles. The molecule has 3 nitrogen and oxygen atoms in total. The number of hydrogen-bond donors (Lipinski definition) is 1. The lowest BCUT2D eigenvalue weighted by Crippen LogP contribution is -2.18. The fourth-order valence-corrected chi connectivity index (χ4v) is 0.426. The Kier molecular flexibility index (Phi) is 2.86. The lowest BCUT2D eigenvalue weighted by Gasteiger charge is -1.97. The highest BCUT2D eigenvalue weighted by molar-refractivity contribution is 7.80. The van der Waals surface area contributed by atoms with Crippen LogP contribution < -0.4 is 0 Å².